The molecule has 0 amide bonds. The average Bonchev–Trinajstić information content (AvgIpc) is 2.69. The fourth-order valence-electron chi connectivity index (χ4n) is 3.67. The number of aromatic nitrogens is 1. The topological polar surface area (TPSA) is 36.4 Å². The number of benzene rings is 2. The van der Waals surface area contributed by atoms with E-state index in [1.54, 1.807) is 0 Å². The van der Waals surface area contributed by atoms with E-state index in [4.69, 9.17) is 16.6 Å². The molecule has 0 bridgehead atoms. The minimum absolute atomic E-state index is 0.524. The van der Waals surface area contributed by atoms with Gasteiger partial charge in [-0.15, -0.1) is 0 Å². The van der Waals surface area contributed by atoms with Crippen molar-refractivity contribution in [1.82, 2.24) is 9.88 Å². The SMILES string of the molecule is OC(CN1CCCCC1)c1cc(Cl)c2nc(-c3ccccc3)ccc2c1. The maximum absolute atomic E-state index is 10.7. The lowest BCUT2D eigenvalue weighted by atomic mass is 10.0. The maximum atomic E-state index is 10.7. The van der Waals surface area contributed by atoms with Gasteiger partial charge in [0.1, 0.15) is 0 Å². The van der Waals surface area contributed by atoms with E-state index in [2.05, 4.69) is 4.90 Å². The number of piperidine rings is 1. The van der Waals surface area contributed by atoms with Crippen LogP contribution in [0.3, 0.4) is 0 Å². The highest BCUT2D eigenvalue weighted by Gasteiger charge is 2.17. The standard InChI is InChI=1S/C22H23ClN2O/c23-19-14-18(21(26)15-25-11-5-2-6-12-25)13-17-9-10-20(24-22(17)19)16-7-3-1-4-8-16/h1,3-4,7-10,13-14,21,26H,2,5-6,11-12,15H2. The molecule has 1 aliphatic rings. The highest BCUT2D eigenvalue weighted by atomic mass is 35.5. The third-order valence-corrected chi connectivity index (χ3v) is 5.39. The quantitative estimate of drug-likeness (QED) is 0.699. The predicted octanol–water partition coefficient (Wildman–Crippen LogP) is 5.07. The van der Waals surface area contributed by atoms with Crippen LogP contribution in [-0.2, 0) is 0 Å². The van der Waals surface area contributed by atoms with Crippen LogP contribution in [-0.4, -0.2) is 34.6 Å². The molecule has 1 aliphatic heterocycles. The summed E-state index contributed by atoms with van der Waals surface area (Å²) in [5.74, 6) is 0. The molecule has 0 radical (unpaired) electrons. The molecular formula is C22H23ClN2O. The van der Waals surface area contributed by atoms with Crippen LogP contribution >= 0.6 is 11.6 Å². The van der Waals surface area contributed by atoms with E-state index in [1.807, 2.05) is 54.6 Å². The first kappa shape index (κ1) is 17.5. The lowest BCUT2D eigenvalue weighted by Gasteiger charge is -2.28. The van der Waals surface area contributed by atoms with Crippen molar-refractivity contribution < 1.29 is 5.11 Å². The van der Waals surface area contributed by atoms with Crippen molar-refractivity contribution in [3.63, 3.8) is 0 Å². The van der Waals surface area contributed by atoms with Crippen LogP contribution in [0.1, 0.15) is 30.9 Å². The van der Waals surface area contributed by atoms with E-state index in [9.17, 15) is 5.11 Å². The Kier molecular flexibility index (Phi) is 5.21. The molecule has 3 aromatic rings. The van der Waals surface area contributed by atoms with Gasteiger partial charge in [-0.2, -0.15) is 0 Å². The first-order chi connectivity index (χ1) is 12.7. The van der Waals surface area contributed by atoms with Gasteiger partial charge in [0, 0.05) is 17.5 Å². The largest absolute Gasteiger partial charge is 0.387 e. The molecule has 2 aromatic carbocycles. The third-order valence-electron chi connectivity index (χ3n) is 5.10. The molecule has 4 rings (SSSR count). The highest BCUT2D eigenvalue weighted by molar-refractivity contribution is 6.35. The smallest absolute Gasteiger partial charge is 0.0917 e. The lowest BCUT2D eigenvalue weighted by Crippen LogP contribution is -2.33. The van der Waals surface area contributed by atoms with Crippen LogP contribution in [0.2, 0.25) is 5.02 Å². The molecule has 3 nitrogen and oxygen atoms in total. The maximum Gasteiger partial charge on any atom is 0.0917 e. The fourth-order valence-corrected chi connectivity index (χ4v) is 3.94. The zero-order valence-electron chi connectivity index (χ0n) is 14.7. The third kappa shape index (κ3) is 3.75. The van der Waals surface area contributed by atoms with Crippen molar-refractivity contribution in [2.75, 3.05) is 19.6 Å². The number of likely N-dealkylation sites (tertiary alicyclic amines) is 1. The fraction of sp³-hybridized carbons (Fsp3) is 0.318. The second-order valence-electron chi connectivity index (χ2n) is 7.01. The summed E-state index contributed by atoms with van der Waals surface area (Å²) in [4.78, 5) is 7.07. The molecule has 26 heavy (non-hydrogen) atoms. The number of halogens is 1. The molecule has 1 fully saturated rings. The number of fused-ring (bicyclic) bond motifs is 1. The number of aliphatic hydroxyl groups is 1. The van der Waals surface area contributed by atoms with Gasteiger partial charge in [-0.1, -0.05) is 54.4 Å². The van der Waals surface area contributed by atoms with Crippen molar-refractivity contribution in [3.8, 4) is 11.3 Å². The van der Waals surface area contributed by atoms with E-state index in [0.29, 0.717) is 11.6 Å². The number of rotatable bonds is 4. The van der Waals surface area contributed by atoms with Crippen LogP contribution in [0.15, 0.2) is 54.6 Å². The molecule has 1 saturated heterocycles. The second kappa shape index (κ2) is 7.75. The Morgan fingerprint density at radius 2 is 1.77 bits per heavy atom. The Hall–Kier alpha value is -1.94. The Balaban J connectivity index is 1.62. The molecule has 0 aliphatic carbocycles. The van der Waals surface area contributed by atoms with Gasteiger partial charge in [0.05, 0.1) is 22.3 Å². The number of nitrogens with zero attached hydrogens (tertiary/aromatic N) is 2. The van der Waals surface area contributed by atoms with E-state index >= 15 is 0 Å². The average molecular weight is 367 g/mol. The molecule has 4 heteroatoms. The zero-order chi connectivity index (χ0) is 17.9. The summed E-state index contributed by atoms with van der Waals surface area (Å²) in [5, 5.41) is 12.2. The molecule has 1 aromatic heterocycles. The number of hydrogen-bond acceptors (Lipinski definition) is 3. The summed E-state index contributed by atoms with van der Waals surface area (Å²) in [6.07, 6.45) is 3.21. The van der Waals surface area contributed by atoms with Gasteiger partial charge in [-0.25, -0.2) is 4.98 Å². The highest BCUT2D eigenvalue weighted by Crippen LogP contribution is 2.30. The number of pyridine rings is 1. The first-order valence-corrected chi connectivity index (χ1v) is 9.64. The summed E-state index contributed by atoms with van der Waals surface area (Å²) in [5.41, 5.74) is 3.62. The van der Waals surface area contributed by atoms with Crippen LogP contribution in [0.5, 0.6) is 0 Å². The van der Waals surface area contributed by atoms with E-state index < -0.39 is 6.10 Å². The normalized spacial score (nSPS) is 16.7. The molecule has 1 unspecified atom stereocenters. The minimum atomic E-state index is -0.524. The zero-order valence-corrected chi connectivity index (χ0v) is 15.5. The van der Waals surface area contributed by atoms with Gasteiger partial charge in [-0.3, -0.25) is 0 Å². The van der Waals surface area contributed by atoms with Gasteiger partial charge in [0.25, 0.3) is 0 Å². The van der Waals surface area contributed by atoms with Crippen LogP contribution < -0.4 is 0 Å². The first-order valence-electron chi connectivity index (χ1n) is 9.27. The number of aliphatic hydroxyl groups excluding tert-OH is 1. The minimum Gasteiger partial charge on any atom is -0.387 e. The van der Waals surface area contributed by atoms with Gasteiger partial charge in [0.15, 0.2) is 0 Å². The molecule has 0 saturated carbocycles. The van der Waals surface area contributed by atoms with Crippen LogP contribution in [0, 0.1) is 0 Å². The summed E-state index contributed by atoms with van der Waals surface area (Å²) >= 11 is 6.52. The van der Waals surface area contributed by atoms with Crippen LogP contribution in [0.4, 0.5) is 0 Å². The Morgan fingerprint density at radius 1 is 1.00 bits per heavy atom. The number of β-amino-alcohol motifs (C(OH)–C–C–N with tert-alkyl or cyclic N) is 1. The Bertz CT molecular complexity index is 891. The van der Waals surface area contributed by atoms with Gasteiger partial charge >= 0.3 is 0 Å². The summed E-state index contributed by atoms with van der Waals surface area (Å²) in [6.45, 7) is 2.80. The van der Waals surface area contributed by atoms with Gasteiger partial charge < -0.3 is 10.0 Å². The van der Waals surface area contributed by atoms with E-state index in [1.165, 1.54) is 19.3 Å². The molecule has 1 atom stereocenters. The van der Waals surface area contributed by atoms with Crippen molar-refractivity contribution in [2.45, 2.75) is 25.4 Å². The Morgan fingerprint density at radius 3 is 2.54 bits per heavy atom. The number of hydrogen-bond donors (Lipinski definition) is 1. The lowest BCUT2D eigenvalue weighted by molar-refractivity contribution is 0.102. The molecule has 0 spiro atoms. The van der Waals surface area contributed by atoms with Crippen molar-refractivity contribution in [3.05, 3.63) is 65.2 Å². The van der Waals surface area contributed by atoms with Crippen molar-refractivity contribution >= 4 is 22.5 Å². The van der Waals surface area contributed by atoms with Crippen LogP contribution in [0.25, 0.3) is 22.2 Å². The molecular weight excluding hydrogens is 344 g/mol. The van der Waals surface area contributed by atoms with Gasteiger partial charge in [0.2, 0.25) is 0 Å². The molecule has 134 valence electrons. The van der Waals surface area contributed by atoms with E-state index in [-0.39, 0.29) is 0 Å². The van der Waals surface area contributed by atoms with Crippen molar-refractivity contribution in [1.29, 1.82) is 0 Å². The second-order valence-corrected chi connectivity index (χ2v) is 7.42. The van der Waals surface area contributed by atoms with Crippen molar-refractivity contribution in [2.24, 2.45) is 0 Å². The predicted molar refractivity (Wildman–Crippen MR) is 107 cm³/mol. The van der Waals surface area contributed by atoms with Gasteiger partial charge in [-0.05, 0) is 49.7 Å². The Labute approximate surface area is 159 Å². The monoisotopic (exact) mass is 366 g/mol. The summed E-state index contributed by atoms with van der Waals surface area (Å²) in [7, 11) is 0. The molecule has 2 heterocycles. The molecule has 1 N–H and O–H groups in total. The van der Waals surface area contributed by atoms with E-state index in [0.717, 1.165) is 40.8 Å². The summed E-state index contributed by atoms with van der Waals surface area (Å²) in [6, 6.07) is 18.0. The summed E-state index contributed by atoms with van der Waals surface area (Å²) < 4.78 is 0.